The van der Waals surface area contributed by atoms with Crippen LogP contribution in [0.25, 0.3) is 0 Å². The van der Waals surface area contributed by atoms with Gasteiger partial charge in [0.2, 0.25) is 15.9 Å². The van der Waals surface area contributed by atoms with Crippen molar-refractivity contribution in [2.75, 3.05) is 23.8 Å². The number of amides is 2. The monoisotopic (exact) mass is 445 g/mol. The highest BCUT2D eigenvalue weighted by atomic mass is 32.2. The van der Waals surface area contributed by atoms with Crippen LogP contribution >= 0.6 is 0 Å². The largest absolute Gasteiger partial charge is 0.377 e. The minimum absolute atomic E-state index is 0.0885. The first-order valence-corrected chi connectivity index (χ1v) is 11.7. The number of anilines is 2. The van der Waals surface area contributed by atoms with Gasteiger partial charge < -0.3 is 15.4 Å². The summed E-state index contributed by atoms with van der Waals surface area (Å²) in [6, 6.07) is 12.5. The summed E-state index contributed by atoms with van der Waals surface area (Å²) in [5.74, 6) is -0.678. The molecule has 1 atom stereocenters. The van der Waals surface area contributed by atoms with Crippen LogP contribution in [0, 0.1) is 5.92 Å². The maximum atomic E-state index is 12.5. The lowest BCUT2D eigenvalue weighted by molar-refractivity contribution is -0.118. The molecule has 2 amide bonds. The molecule has 0 saturated carbocycles. The molecule has 9 heteroatoms. The van der Waals surface area contributed by atoms with Gasteiger partial charge in [0, 0.05) is 36.0 Å². The van der Waals surface area contributed by atoms with Crippen molar-refractivity contribution in [3.05, 3.63) is 54.1 Å². The topological polar surface area (TPSA) is 114 Å². The Labute approximate surface area is 182 Å². The van der Waals surface area contributed by atoms with E-state index in [9.17, 15) is 18.0 Å². The summed E-state index contributed by atoms with van der Waals surface area (Å²) in [7, 11) is -3.65. The van der Waals surface area contributed by atoms with Gasteiger partial charge in [-0.05, 0) is 55.3 Å². The smallest absolute Gasteiger partial charge is 0.255 e. The van der Waals surface area contributed by atoms with Crippen LogP contribution in [0.1, 0.15) is 37.0 Å². The van der Waals surface area contributed by atoms with E-state index in [1.165, 1.54) is 24.3 Å². The Morgan fingerprint density at radius 3 is 2.45 bits per heavy atom. The Hall–Kier alpha value is -2.75. The number of ether oxygens (including phenoxy) is 1. The first-order chi connectivity index (χ1) is 14.7. The zero-order valence-corrected chi connectivity index (χ0v) is 18.4. The van der Waals surface area contributed by atoms with Crippen LogP contribution < -0.4 is 15.4 Å². The second-order valence-electron chi connectivity index (χ2n) is 7.69. The fourth-order valence-corrected chi connectivity index (χ4v) is 4.10. The fraction of sp³-hybridized carbons (Fsp3) is 0.364. The third-order valence-corrected chi connectivity index (χ3v) is 6.30. The molecule has 0 spiro atoms. The molecule has 2 aromatic rings. The zero-order chi connectivity index (χ0) is 22.4. The predicted molar refractivity (Wildman–Crippen MR) is 118 cm³/mol. The number of benzene rings is 2. The van der Waals surface area contributed by atoms with Crippen molar-refractivity contribution in [2.45, 2.75) is 37.7 Å². The Kier molecular flexibility index (Phi) is 7.42. The lowest BCUT2D eigenvalue weighted by Gasteiger charge is -2.12. The second-order valence-corrected chi connectivity index (χ2v) is 9.46. The van der Waals surface area contributed by atoms with Gasteiger partial charge in [0.15, 0.2) is 0 Å². The lowest BCUT2D eigenvalue weighted by Crippen LogP contribution is -2.31. The SMILES string of the molecule is CC(C)C(=O)Nc1cccc(C(=O)Nc2ccc(S(=O)(=O)NC[C@H]3CCCO3)cc2)c1. The summed E-state index contributed by atoms with van der Waals surface area (Å²) < 4.78 is 32.8. The third kappa shape index (κ3) is 6.36. The van der Waals surface area contributed by atoms with E-state index >= 15 is 0 Å². The summed E-state index contributed by atoms with van der Waals surface area (Å²) >= 11 is 0. The van der Waals surface area contributed by atoms with E-state index in [1.54, 1.807) is 38.1 Å². The Bertz CT molecular complexity index is 1030. The quantitative estimate of drug-likeness (QED) is 0.578. The summed E-state index contributed by atoms with van der Waals surface area (Å²) in [6.07, 6.45) is 1.69. The van der Waals surface area contributed by atoms with Gasteiger partial charge >= 0.3 is 0 Å². The molecule has 1 aliphatic rings. The van der Waals surface area contributed by atoms with E-state index < -0.39 is 10.0 Å². The highest BCUT2D eigenvalue weighted by Crippen LogP contribution is 2.18. The van der Waals surface area contributed by atoms with Gasteiger partial charge in [0.05, 0.1) is 11.0 Å². The Morgan fingerprint density at radius 1 is 1.06 bits per heavy atom. The average molecular weight is 446 g/mol. The van der Waals surface area contributed by atoms with E-state index in [4.69, 9.17) is 4.74 Å². The number of hydrogen-bond acceptors (Lipinski definition) is 5. The number of nitrogens with one attached hydrogen (secondary N) is 3. The molecule has 3 rings (SSSR count). The Morgan fingerprint density at radius 2 is 1.81 bits per heavy atom. The van der Waals surface area contributed by atoms with Crippen molar-refractivity contribution >= 4 is 33.2 Å². The van der Waals surface area contributed by atoms with Crippen LogP contribution in [0.2, 0.25) is 0 Å². The van der Waals surface area contributed by atoms with Gasteiger partial charge in [0.1, 0.15) is 0 Å². The molecule has 166 valence electrons. The van der Waals surface area contributed by atoms with Crippen molar-refractivity contribution in [2.24, 2.45) is 5.92 Å². The van der Waals surface area contributed by atoms with E-state index in [0.717, 1.165) is 12.8 Å². The van der Waals surface area contributed by atoms with E-state index in [0.29, 0.717) is 23.5 Å². The molecule has 3 N–H and O–H groups in total. The number of sulfonamides is 1. The number of carbonyl (C=O) groups excluding carboxylic acids is 2. The summed E-state index contributed by atoms with van der Waals surface area (Å²) in [4.78, 5) is 24.5. The molecule has 1 saturated heterocycles. The molecular formula is C22H27N3O5S. The first-order valence-electron chi connectivity index (χ1n) is 10.2. The van der Waals surface area contributed by atoms with Crippen LogP contribution in [0.3, 0.4) is 0 Å². The highest BCUT2D eigenvalue weighted by Gasteiger charge is 2.20. The molecule has 0 unspecified atom stereocenters. The molecule has 0 bridgehead atoms. The van der Waals surface area contributed by atoms with Crippen LogP contribution in [0.5, 0.6) is 0 Å². The van der Waals surface area contributed by atoms with Crippen molar-refractivity contribution in [1.29, 1.82) is 0 Å². The number of hydrogen-bond donors (Lipinski definition) is 3. The van der Waals surface area contributed by atoms with Crippen LogP contribution in [-0.4, -0.2) is 39.5 Å². The lowest BCUT2D eigenvalue weighted by atomic mass is 10.1. The third-order valence-electron chi connectivity index (χ3n) is 4.86. The van der Waals surface area contributed by atoms with E-state index in [2.05, 4.69) is 15.4 Å². The molecule has 0 aliphatic carbocycles. The van der Waals surface area contributed by atoms with Gasteiger partial charge in [0.25, 0.3) is 5.91 Å². The summed E-state index contributed by atoms with van der Waals surface area (Å²) in [6.45, 7) is 4.47. The minimum Gasteiger partial charge on any atom is -0.377 e. The average Bonchev–Trinajstić information content (AvgIpc) is 3.27. The molecular weight excluding hydrogens is 418 g/mol. The summed E-state index contributed by atoms with van der Waals surface area (Å²) in [5, 5.41) is 5.49. The molecule has 2 aromatic carbocycles. The summed E-state index contributed by atoms with van der Waals surface area (Å²) in [5.41, 5.74) is 1.36. The maximum absolute atomic E-state index is 12.5. The molecule has 1 aliphatic heterocycles. The van der Waals surface area contributed by atoms with Gasteiger partial charge in [-0.25, -0.2) is 13.1 Å². The van der Waals surface area contributed by atoms with Crippen molar-refractivity contribution in [3.63, 3.8) is 0 Å². The first kappa shape index (κ1) is 22.9. The second kappa shape index (κ2) is 10.0. The van der Waals surface area contributed by atoms with E-state index in [1.807, 2.05) is 0 Å². The predicted octanol–water partition coefficient (Wildman–Crippen LogP) is 2.99. The van der Waals surface area contributed by atoms with Crippen molar-refractivity contribution in [3.8, 4) is 0 Å². The molecule has 0 aromatic heterocycles. The van der Waals surface area contributed by atoms with Crippen molar-refractivity contribution in [1.82, 2.24) is 4.72 Å². The van der Waals surface area contributed by atoms with Crippen LogP contribution in [0.4, 0.5) is 11.4 Å². The highest BCUT2D eigenvalue weighted by molar-refractivity contribution is 7.89. The van der Waals surface area contributed by atoms with Gasteiger partial charge in [-0.2, -0.15) is 0 Å². The van der Waals surface area contributed by atoms with E-state index in [-0.39, 0.29) is 35.3 Å². The van der Waals surface area contributed by atoms with Gasteiger partial charge in [-0.1, -0.05) is 19.9 Å². The molecule has 0 radical (unpaired) electrons. The van der Waals surface area contributed by atoms with Gasteiger partial charge in [-0.15, -0.1) is 0 Å². The van der Waals surface area contributed by atoms with Crippen molar-refractivity contribution < 1.29 is 22.7 Å². The standard InChI is InChI=1S/C22H27N3O5S/c1-15(2)21(26)25-18-6-3-5-16(13-18)22(27)24-17-8-10-20(11-9-17)31(28,29)23-14-19-7-4-12-30-19/h3,5-6,8-11,13,15,19,23H,4,7,12,14H2,1-2H3,(H,24,27)(H,25,26)/t19-/m1/s1. The maximum Gasteiger partial charge on any atom is 0.255 e. The van der Waals surface area contributed by atoms with Crippen LogP contribution in [0.15, 0.2) is 53.4 Å². The molecule has 1 heterocycles. The number of rotatable bonds is 8. The minimum atomic E-state index is -3.65. The molecule has 8 nitrogen and oxygen atoms in total. The Balaban J connectivity index is 1.61. The normalized spacial score (nSPS) is 16.3. The van der Waals surface area contributed by atoms with Crippen LogP contribution in [-0.2, 0) is 19.6 Å². The number of carbonyl (C=O) groups is 2. The van der Waals surface area contributed by atoms with Gasteiger partial charge in [-0.3, -0.25) is 9.59 Å². The molecule has 31 heavy (non-hydrogen) atoms. The fourth-order valence-electron chi connectivity index (χ4n) is 3.04. The molecule has 1 fully saturated rings. The zero-order valence-electron chi connectivity index (χ0n) is 17.6.